The van der Waals surface area contributed by atoms with Crippen LogP contribution in [0.15, 0.2) is 46.8 Å². The highest BCUT2D eigenvalue weighted by atomic mass is 32.2. The fourth-order valence-corrected chi connectivity index (χ4v) is 4.94. The number of benzene rings is 1. The lowest BCUT2D eigenvalue weighted by molar-refractivity contribution is -0.133. The molecule has 0 fully saturated rings. The summed E-state index contributed by atoms with van der Waals surface area (Å²) in [6.07, 6.45) is -0.927. The molecule has 0 unspecified atom stereocenters. The largest absolute Gasteiger partial charge is 0.477 e. The summed E-state index contributed by atoms with van der Waals surface area (Å²) in [5.74, 6) is -1.24. The van der Waals surface area contributed by atoms with Crippen LogP contribution >= 0.6 is 23.5 Å². The molecule has 3 atom stereocenters. The third-order valence-electron chi connectivity index (χ3n) is 4.39. The molecular formula is C18H20N6O5S2. The molecule has 11 nitrogen and oxygen atoms in total. The molecule has 0 spiro atoms. The minimum Gasteiger partial charge on any atom is -0.477 e. The second-order valence-electron chi connectivity index (χ2n) is 6.52. The summed E-state index contributed by atoms with van der Waals surface area (Å²) in [5, 5.41) is 36.1. The van der Waals surface area contributed by atoms with Crippen LogP contribution < -0.4 is 10.6 Å². The zero-order chi connectivity index (χ0) is 22.4. The van der Waals surface area contributed by atoms with Crippen LogP contribution in [-0.2, 0) is 21.4 Å². The van der Waals surface area contributed by atoms with Gasteiger partial charge in [0.15, 0.2) is 6.10 Å². The monoisotopic (exact) mass is 464 g/mol. The van der Waals surface area contributed by atoms with Crippen molar-refractivity contribution in [2.75, 3.05) is 11.5 Å². The van der Waals surface area contributed by atoms with Gasteiger partial charge in [-0.3, -0.25) is 4.79 Å². The van der Waals surface area contributed by atoms with Crippen molar-refractivity contribution in [2.45, 2.75) is 22.7 Å². The summed E-state index contributed by atoms with van der Waals surface area (Å²) in [7, 11) is 1.68. The molecule has 13 heteroatoms. The number of nitrogens with one attached hydrogen (secondary N) is 2. The molecule has 1 aliphatic rings. The maximum Gasteiger partial charge on any atom is 0.352 e. The molecule has 1 aromatic carbocycles. The Morgan fingerprint density at radius 3 is 2.77 bits per heavy atom. The number of carbonyl (C=O) groups is 3. The number of hydrogen-bond acceptors (Lipinski definition) is 10. The first-order valence-electron chi connectivity index (χ1n) is 9.08. The number of aldehydes is 1. The minimum atomic E-state index is -1.45. The number of carboxylic acids is 1. The highest BCUT2D eigenvalue weighted by Gasteiger charge is 2.32. The van der Waals surface area contributed by atoms with Crippen molar-refractivity contribution in [2.24, 2.45) is 7.05 Å². The first-order valence-corrected chi connectivity index (χ1v) is 11.1. The molecule has 3 rings (SSSR count). The Kier molecular flexibility index (Phi) is 7.65. The molecule has 1 aromatic heterocycles. The number of tetrazole rings is 1. The number of aromatic nitrogens is 4. The molecule has 0 bridgehead atoms. The van der Waals surface area contributed by atoms with Crippen LogP contribution in [0.3, 0.4) is 0 Å². The molecular weight excluding hydrogens is 444 g/mol. The Bertz CT molecular complexity index is 983. The average molecular weight is 465 g/mol. The molecule has 4 N–H and O–H groups in total. The number of aliphatic carboxylic acids is 1. The molecule has 1 aliphatic heterocycles. The van der Waals surface area contributed by atoms with Gasteiger partial charge in [-0.05, 0) is 21.6 Å². The predicted molar refractivity (Wildman–Crippen MR) is 113 cm³/mol. The predicted octanol–water partition coefficient (Wildman–Crippen LogP) is -0.279. The Labute approximate surface area is 185 Å². The number of aryl methyl sites for hydroxylation is 1. The molecule has 0 saturated heterocycles. The number of nitrogens with zero attached hydrogens (tertiary/aromatic N) is 4. The standard InChI is InChI=1S/C18H20N6O5S2/c1-24-18(21-22-23-24)31-9-11-8-30-16(20-13(11)17(28)29)12(7-25)19-15(27)14(26)10-5-3-2-4-6-10/h2-7,12,14,16,20,26H,8-9H2,1H3,(H,19,27)(H,28,29)/t12-,14-,16-/m1/s1. The Morgan fingerprint density at radius 1 is 1.42 bits per heavy atom. The summed E-state index contributed by atoms with van der Waals surface area (Å²) in [6.45, 7) is 0. The third kappa shape index (κ3) is 5.62. The van der Waals surface area contributed by atoms with Crippen molar-refractivity contribution in [1.82, 2.24) is 30.8 Å². The van der Waals surface area contributed by atoms with Crippen molar-refractivity contribution in [3.05, 3.63) is 47.2 Å². The number of hydrogen-bond donors (Lipinski definition) is 4. The van der Waals surface area contributed by atoms with E-state index in [9.17, 15) is 24.6 Å². The van der Waals surface area contributed by atoms with Crippen LogP contribution in [-0.4, -0.2) is 71.5 Å². The minimum absolute atomic E-state index is 0.0314. The average Bonchev–Trinajstić information content (AvgIpc) is 3.20. The first-order chi connectivity index (χ1) is 14.9. The summed E-state index contributed by atoms with van der Waals surface area (Å²) < 4.78 is 1.48. The van der Waals surface area contributed by atoms with Crippen LogP contribution in [0.2, 0.25) is 0 Å². The summed E-state index contributed by atoms with van der Waals surface area (Å²) in [5.41, 5.74) is 0.968. The summed E-state index contributed by atoms with van der Waals surface area (Å²) in [4.78, 5) is 35.8. The number of amides is 1. The number of carbonyl (C=O) groups excluding carboxylic acids is 2. The first kappa shape index (κ1) is 22.8. The zero-order valence-electron chi connectivity index (χ0n) is 16.3. The van der Waals surface area contributed by atoms with E-state index in [1.807, 2.05) is 0 Å². The van der Waals surface area contributed by atoms with Crippen molar-refractivity contribution >= 4 is 41.7 Å². The van der Waals surface area contributed by atoms with Crippen LogP contribution in [0.1, 0.15) is 11.7 Å². The van der Waals surface area contributed by atoms with Gasteiger partial charge in [0, 0.05) is 18.6 Å². The van der Waals surface area contributed by atoms with E-state index in [4.69, 9.17) is 0 Å². The van der Waals surface area contributed by atoms with Crippen molar-refractivity contribution < 1.29 is 24.6 Å². The fourth-order valence-electron chi connectivity index (χ4n) is 2.77. The van der Waals surface area contributed by atoms with E-state index in [-0.39, 0.29) is 5.70 Å². The highest BCUT2D eigenvalue weighted by molar-refractivity contribution is 8.00. The van der Waals surface area contributed by atoms with E-state index < -0.39 is 29.4 Å². The second kappa shape index (κ2) is 10.4. The number of rotatable bonds is 9. The van der Waals surface area contributed by atoms with Gasteiger partial charge in [-0.1, -0.05) is 42.1 Å². The van der Waals surface area contributed by atoms with Gasteiger partial charge in [0.05, 0.1) is 0 Å². The number of aliphatic hydroxyl groups is 1. The topological polar surface area (TPSA) is 159 Å². The van der Waals surface area contributed by atoms with Gasteiger partial charge in [0.2, 0.25) is 5.16 Å². The van der Waals surface area contributed by atoms with E-state index >= 15 is 0 Å². The summed E-state index contributed by atoms with van der Waals surface area (Å²) in [6, 6.07) is 7.26. The lowest BCUT2D eigenvalue weighted by atomic mass is 10.1. The smallest absolute Gasteiger partial charge is 0.352 e. The van der Waals surface area contributed by atoms with Gasteiger partial charge in [0.1, 0.15) is 23.4 Å². The Hall–Kier alpha value is -2.90. The lowest BCUT2D eigenvalue weighted by Crippen LogP contribution is -2.52. The zero-order valence-corrected chi connectivity index (χ0v) is 18.0. The third-order valence-corrected chi connectivity index (χ3v) is 6.78. The van der Waals surface area contributed by atoms with Gasteiger partial charge < -0.3 is 25.6 Å². The van der Waals surface area contributed by atoms with Crippen molar-refractivity contribution in [3.8, 4) is 0 Å². The van der Waals surface area contributed by atoms with Crippen LogP contribution in [0.5, 0.6) is 0 Å². The molecule has 0 saturated carbocycles. The number of aliphatic hydroxyl groups excluding tert-OH is 1. The van der Waals surface area contributed by atoms with E-state index in [1.165, 1.54) is 28.2 Å². The second-order valence-corrected chi connectivity index (χ2v) is 8.59. The van der Waals surface area contributed by atoms with Gasteiger partial charge in [-0.25, -0.2) is 9.48 Å². The van der Waals surface area contributed by atoms with E-state index in [1.54, 1.807) is 37.4 Å². The molecule has 2 aromatic rings. The maximum absolute atomic E-state index is 12.4. The fraction of sp³-hybridized carbons (Fsp3) is 0.333. The molecule has 31 heavy (non-hydrogen) atoms. The van der Waals surface area contributed by atoms with Crippen molar-refractivity contribution in [3.63, 3.8) is 0 Å². The van der Waals surface area contributed by atoms with Crippen LogP contribution in [0, 0.1) is 0 Å². The quantitative estimate of drug-likeness (QED) is 0.285. The molecule has 164 valence electrons. The van der Waals surface area contributed by atoms with E-state index in [0.29, 0.717) is 34.1 Å². The van der Waals surface area contributed by atoms with Crippen LogP contribution in [0.25, 0.3) is 0 Å². The molecule has 1 amide bonds. The Balaban J connectivity index is 1.67. The molecule has 2 heterocycles. The summed E-state index contributed by atoms with van der Waals surface area (Å²) >= 11 is 2.57. The SMILES string of the molecule is Cn1nnnc1SCC1=C(C(=O)O)N[C@@H]([C@@H](C=O)NC(=O)[C@H](O)c2ccccc2)SC1. The Morgan fingerprint density at radius 2 is 2.16 bits per heavy atom. The van der Waals surface area contributed by atoms with Gasteiger partial charge in [-0.15, -0.1) is 16.9 Å². The van der Waals surface area contributed by atoms with Gasteiger partial charge in [0.25, 0.3) is 5.91 Å². The molecule has 0 radical (unpaired) electrons. The van der Waals surface area contributed by atoms with Gasteiger partial charge >= 0.3 is 5.97 Å². The normalized spacial score (nSPS) is 18.1. The highest BCUT2D eigenvalue weighted by Crippen LogP contribution is 2.28. The van der Waals surface area contributed by atoms with E-state index in [0.717, 1.165) is 0 Å². The number of carboxylic acid groups (broad SMARTS) is 1. The van der Waals surface area contributed by atoms with Gasteiger partial charge in [-0.2, -0.15) is 0 Å². The lowest BCUT2D eigenvalue weighted by Gasteiger charge is -2.31. The maximum atomic E-state index is 12.4. The molecule has 0 aliphatic carbocycles. The van der Waals surface area contributed by atoms with E-state index in [2.05, 4.69) is 26.2 Å². The van der Waals surface area contributed by atoms with Crippen molar-refractivity contribution in [1.29, 1.82) is 0 Å². The van der Waals surface area contributed by atoms with Crippen LogP contribution in [0.4, 0.5) is 0 Å². The number of thioether (sulfide) groups is 2.